The number of carbonyl (C=O) groups excluding carboxylic acids is 2. The van der Waals surface area contributed by atoms with Gasteiger partial charge in [-0.15, -0.1) is 0 Å². The molecule has 6 aliphatic rings. The number of amides is 4. The number of hydrogen-bond donors (Lipinski definition) is 8. The lowest BCUT2D eigenvalue weighted by molar-refractivity contribution is 0.0594. The van der Waals surface area contributed by atoms with Crippen molar-refractivity contribution < 1.29 is 37.0 Å². The Bertz CT molecular complexity index is 3250. The fourth-order valence-electron chi connectivity index (χ4n) is 13.1. The van der Waals surface area contributed by atoms with E-state index in [1.165, 1.54) is 0 Å². The topological polar surface area (TPSA) is 262 Å². The van der Waals surface area contributed by atoms with Crippen LogP contribution in [0.3, 0.4) is 0 Å². The summed E-state index contributed by atoms with van der Waals surface area (Å²) in [6.45, 7) is 17.8. The Morgan fingerprint density at radius 1 is 0.622 bits per heavy atom. The van der Waals surface area contributed by atoms with Crippen molar-refractivity contribution in [2.45, 2.75) is 111 Å². The van der Waals surface area contributed by atoms with Crippen LogP contribution in [0.25, 0.3) is 0 Å². The van der Waals surface area contributed by atoms with Crippen LogP contribution in [0.2, 0.25) is 10.0 Å². The van der Waals surface area contributed by atoms with Gasteiger partial charge in [-0.3, -0.25) is 24.3 Å². The van der Waals surface area contributed by atoms with E-state index in [2.05, 4.69) is 99.1 Å². The Hall–Kier alpha value is -5.52. The van der Waals surface area contributed by atoms with Gasteiger partial charge in [0.2, 0.25) is 10.0 Å². The number of unbranched alkanes of at least 4 members (excludes halogenated alkanes) is 1. The van der Waals surface area contributed by atoms with Crippen molar-refractivity contribution in [1.82, 2.24) is 60.9 Å². The van der Waals surface area contributed by atoms with Crippen LogP contribution in [-0.2, 0) is 32.3 Å². The molecule has 0 bridgehead atoms. The number of hydrogen-bond acceptors (Lipinski definition) is 18. The summed E-state index contributed by atoms with van der Waals surface area (Å²) in [5, 5.41) is 39.2. The van der Waals surface area contributed by atoms with Crippen LogP contribution in [0.5, 0.6) is 11.5 Å². The van der Waals surface area contributed by atoms with Gasteiger partial charge >= 0.3 is 12.1 Å². The number of nitrogens with one attached hydrogen (secondary N) is 8. The standard InChI is InChI=1S/C64H86Cl2N14O8S2/c1-43-39-79(23-17-69-43)59-35-55-45(37-67)31-47(65)33-57(55)61(59)87-51-5-9-53(10-6-51)89-75-49-13-21-77(41-49)25-29-85-27-19-73-63(81)71-15-3-4-16-72-64(82)74-20-28-86-30-26-78-22-14-50(42-78)76-90(83,84)54-11-7-52(8-12-54)88-62-58-34-48(66)32-46(38-68)56(58)36-60(62)80-24-18-70-44(2)40-80/h5-12,31-34,43-44,49-50,59-62,69-70,75-76H,3-4,13-30,35-36,39-42H2,1-2H3,(H2,71,73,81)(H2,72,74,82)/t43-,44-,49-,50-,59+,60+,61+,62+/m1/s1. The number of halogens is 2. The van der Waals surface area contributed by atoms with Gasteiger partial charge in [-0.25, -0.2) is 22.7 Å². The number of rotatable bonds is 29. The quantitative estimate of drug-likeness (QED) is 0.0245. The summed E-state index contributed by atoms with van der Waals surface area (Å²) < 4.78 is 58.5. The lowest BCUT2D eigenvalue weighted by Crippen LogP contribution is -2.54. The number of likely N-dealkylation sites (tertiary alicyclic amines) is 2. The maximum absolute atomic E-state index is 13.5. The van der Waals surface area contributed by atoms with Crippen LogP contribution in [0.4, 0.5) is 9.59 Å². The Balaban J connectivity index is 0.515. The smallest absolute Gasteiger partial charge is 0.314 e. The van der Waals surface area contributed by atoms with Gasteiger partial charge in [0.25, 0.3) is 0 Å². The van der Waals surface area contributed by atoms with Crippen molar-refractivity contribution in [1.29, 1.82) is 10.5 Å². The third kappa shape index (κ3) is 18.6. The fraction of sp³-hybridized carbons (Fsp3) is 0.562. The molecule has 90 heavy (non-hydrogen) atoms. The average Bonchev–Trinajstić information content (AvgIpc) is 1.71. The third-order valence-corrected chi connectivity index (χ3v) is 20.6. The molecule has 4 saturated heterocycles. The van der Waals surface area contributed by atoms with Gasteiger partial charge in [0, 0.05) is 131 Å². The number of carbonyl (C=O) groups is 2. The number of sulfonamides is 1. The number of nitrogens with zero attached hydrogens (tertiary/aromatic N) is 6. The summed E-state index contributed by atoms with van der Waals surface area (Å²) in [6, 6.07) is 27.1. The van der Waals surface area contributed by atoms with Gasteiger partial charge in [-0.1, -0.05) is 23.2 Å². The van der Waals surface area contributed by atoms with Crippen molar-refractivity contribution >= 4 is 57.2 Å². The van der Waals surface area contributed by atoms with Crippen LogP contribution in [-0.4, -0.2) is 207 Å². The highest BCUT2D eigenvalue weighted by molar-refractivity contribution is 7.97. The molecule has 4 aromatic rings. The molecule has 4 aliphatic heterocycles. The number of benzene rings is 4. The number of urea groups is 2. The number of fused-ring (bicyclic) bond motifs is 2. The van der Waals surface area contributed by atoms with Crippen molar-refractivity contribution in [3.05, 3.63) is 116 Å². The zero-order valence-corrected chi connectivity index (χ0v) is 54.6. The first-order chi connectivity index (χ1) is 43.7. The predicted molar refractivity (Wildman–Crippen MR) is 348 cm³/mol. The van der Waals surface area contributed by atoms with E-state index in [0.29, 0.717) is 136 Å². The van der Waals surface area contributed by atoms with E-state index in [4.69, 9.17) is 42.1 Å². The van der Waals surface area contributed by atoms with Crippen LogP contribution in [0, 0.1) is 22.7 Å². The van der Waals surface area contributed by atoms with E-state index >= 15 is 0 Å². The molecule has 8 atom stereocenters. The van der Waals surface area contributed by atoms with Crippen molar-refractivity contribution in [3.8, 4) is 23.6 Å². The van der Waals surface area contributed by atoms with Gasteiger partial charge in [0.15, 0.2) is 0 Å². The van der Waals surface area contributed by atoms with Crippen LogP contribution in [0.15, 0.2) is 82.6 Å². The molecule has 4 amide bonds. The number of nitriles is 2. The van der Waals surface area contributed by atoms with Gasteiger partial charge in [-0.05, 0) is 172 Å². The molecular formula is C64H86Cl2N14O8S2. The second-order valence-electron chi connectivity index (χ2n) is 24.2. The Morgan fingerprint density at radius 3 is 1.58 bits per heavy atom. The largest absolute Gasteiger partial charge is 0.484 e. The van der Waals surface area contributed by atoms with Crippen LogP contribution >= 0.6 is 35.1 Å². The Kier molecular flexibility index (Phi) is 24.6. The second-order valence-corrected chi connectivity index (χ2v) is 27.7. The molecule has 22 nitrogen and oxygen atoms in total. The summed E-state index contributed by atoms with van der Waals surface area (Å²) in [5.41, 5.74) is 5.06. The lowest BCUT2D eigenvalue weighted by atomic mass is 10.0. The highest BCUT2D eigenvalue weighted by atomic mass is 35.5. The monoisotopic (exact) mass is 1310 g/mol. The zero-order valence-electron chi connectivity index (χ0n) is 51.5. The summed E-state index contributed by atoms with van der Waals surface area (Å²) in [7, 11) is -3.80. The molecule has 0 saturated carbocycles. The zero-order chi connectivity index (χ0) is 63.0. The molecule has 0 radical (unpaired) electrons. The first kappa shape index (κ1) is 67.4. The maximum Gasteiger partial charge on any atom is 0.314 e. The molecule has 486 valence electrons. The minimum absolute atomic E-state index is 0.00364. The molecule has 4 fully saturated rings. The van der Waals surface area contributed by atoms with E-state index in [9.17, 15) is 28.5 Å². The fourth-order valence-corrected chi connectivity index (χ4v) is 15.6. The van der Waals surface area contributed by atoms with E-state index in [0.717, 1.165) is 111 Å². The predicted octanol–water partition coefficient (Wildman–Crippen LogP) is 5.55. The van der Waals surface area contributed by atoms with Gasteiger partial charge < -0.3 is 50.8 Å². The molecule has 0 spiro atoms. The molecule has 0 aromatic heterocycles. The molecule has 4 aromatic carbocycles. The normalized spacial score (nSPS) is 23.8. The van der Waals surface area contributed by atoms with E-state index in [1.807, 2.05) is 24.3 Å². The first-order valence-electron chi connectivity index (χ1n) is 31.7. The minimum Gasteiger partial charge on any atom is -0.484 e. The Morgan fingerprint density at radius 2 is 1.09 bits per heavy atom. The van der Waals surface area contributed by atoms with Crippen LogP contribution < -0.4 is 50.8 Å². The maximum atomic E-state index is 13.5. The molecular weight excluding hydrogens is 1230 g/mol. The highest BCUT2D eigenvalue weighted by Gasteiger charge is 2.43. The summed E-state index contributed by atoms with van der Waals surface area (Å²) in [5.74, 6) is 1.32. The van der Waals surface area contributed by atoms with E-state index < -0.39 is 10.0 Å². The van der Waals surface area contributed by atoms with Gasteiger partial charge in [0.05, 0.1) is 66.7 Å². The molecule has 8 N–H and O–H groups in total. The number of piperazine rings is 2. The SMILES string of the molecule is C[C@@H]1CN([C@H]2Cc3c(C#N)cc(Cl)cc3[C@@H]2Oc2ccc(SN[C@@H]3CCN(CCOCCNC(=O)NCCCCNC(=O)NCCOCCN4CC[C@@H](NS(=O)(=O)c5ccc(O[C@H]6c7cc(Cl)cc(C#N)c7C[C@@H]6N6CCN[C@H](C)C6)cc5)C4)C3)cc2)CCN1. The van der Waals surface area contributed by atoms with Crippen molar-refractivity contribution in [2.75, 3.05) is 131 Å². The van der Waals surface area contributed by atoms with Gasteiger partial charge in [0.1, 0.15) is 23.7 Å². The van der Waals surface area contributed by atoms with Gasteiger partial charge in [-0.2, -0.15) is 10.5 Å². The second kappa shape index (κ2) is 32.9. The summed E-state index contributed by atoms with van der Waals surface area (Å²) in [4.78, 5) is 35.3. The summed E-state index contributed by atoms with van der Waals surface area (Å²) >= 11 is 14.6. The van der Waals surface area contributed by atoms with Crippen molar-refractivity contribution in [2.24, 2.45) is 0 Å². The number of ether oxygens (including phenoxy) is 4. The summed E-state index contributed by atoms with van der Waals surface area (Å²) in [6.07, 6.45) is 3.92. The van der Waals surface area contributed by atoms with Crippen LogP contribution in [0.1, 0.15) is 85.1 Å². The molecule has 4 heterocycles. The first-order valence-corrected chi connectivity index (χ1v) is 34.8. The average molecular weight is 1310 g/mol. The Labute approximate surface area is 544 Å². The van der Waals surface area contributed by atoms with Crippen molar-refractivity contribution in [3.63, 3.8) is 0 Å². The molecule has 2 aliphatic carbocycles. The molecule has 26 heteroatoms. The third-order valence-electron chi connectivity index (χ3n) is 17.7. The molecule has 10 rings (SSSR count). The minimum atomic E-state index is -3.80. The molecule has 0 unspecified atom stereocenters. The lowest BCUT2D eigenvalue weighted by Gasteiger charge is -2.38. The van der Waals surface area contributed by atoms with E-state index in [-0.39, 0.29) is 47.3 Å². The van der Waals surface area contributed by atoms with E-state index in [1.54, 1.807) is 48.3 Å². The highest BCUT2D eigenvalue weighted by Crippen LogP contribution is 2.43.